The SMILES string of the molecule is CCn1c(N)[n+](C[C@H](O)COc2ccccc2OC)c2ccccc21. The second kappa shape index (κ2) is 7.44. The minimum atomic E-state index is -0.701. The van der Waals surface area contributed by atoms with Gasteiger partial charge in [0.05, 0.1) is 13.7 Å². The van der Waals surface area contributed by atoms with Crippen molar-refractivity contribution in [2.45, 2.75) is 26.1 Å². The smallest absolute Gasteiger partial charge is 0.356 e. The number of methoxy groups -OCH3 is 1. The maximum Gasteiger partial charge on any atom is 0.356 e. The first-order valence-corrected chi connectivity index (χ1v) is 8.36. The van der Waals surface area contributed by atoms with Crippen LogP contribution in [-0.2, 0) is 13.1 Å². The molecule has 0 radical (unpaired) electrons. The standard InChI is InChI=1S/C19H23N3O3/c1-3-21-15-8-4-5-9-16(15)22(19(21)20)12-14(23)13-25-18-11-7-6-10-17(18)24-2/h4-11,14,20,23H,3,12-13H2,1-2H3/p+1/t14-/m0/s1. The molecular formula is C19H24N3O3+. The van der Waals surface area contributed by atoms with Crippen molar-refractivity contribution in [1.29, 1.82) is 0 Å². The van der Waals surface area contributed by atoms with Gasteiger partial charge < -0.3 is 14.6 Å². The molecule has 0 spiro atoms. The third kappa shape index (κ3) is 3.39. The Bertz CT molecular complexity index is 860. The van der Waals surface area contributed by atoms with Crippen molar-refractivity contribution in [3.63, 3.8) is 0 Å². The van der Waals surface area contributed by atoms with Gasteiger partial charge in [-0.25, -0.2) is 9.13 Å². The lowest BCUT2D eigenvalue weighted by Gasteiger charge is -2.14. The molecule has 1 atom stereocenters. The third-order valence-electron chi connectivity index (χ3n) is 4.23. The van der Waals surface area contributed by atoms with Crippen LogP contribution in [0.1, 0.15) is 6.92 Å². The topological polar surface area (TPSA) is 73.5 Å². The molecule has 3 rings (SSSR count). The molecule has 0 aliphatic rings. The summed E-state index contributed by atoms with van der Waals surface area (Å²) in [5.41, 5.74) is 8.34. The van der Waals surface area contributed by atoms with Crippen molar-refractivity contribution in [3.8, 4) is 11.5 Å². The largest absolute Gasteiger partial charge is 0.493 e. The van der Waals surface area contributed by atoms with E-state index in [2.05, 4.69) is 0 Å². The molecule has 1 aromatic heterocycles. The van der Waals surface area contributed by atoms with E-state index < -0.39 is 6.10 Å². The predicted molar refractivity (Wildman–Crippen MR) is 96.7 cm³/mol. The summed E-state index contributed by atoms with van der Waals surface area (Å²) < 4.78 is 14.9. The lowest BCUT2D eigenvalue weighted by atomic mass is 10.3. The van der Waals surface area contributed by atoms with Gasteiger partial charge in [0.2, 0.25) is 0 Å². The van der Waals surface area contributed by atoms with Gasteiger partial charge in [0.15, 0.2) is 11.5 Å². The second-order valence-electron chi connectivity index (χ2n) is 5.82. The quantitative estimate of drug-likeness (QED) is 0.644. The van der Waals surface area contributed by atoms with Crippen molar-refractivity contribution < 1.29 is 19.1 Å². The Labute approximate surface area is 147 Å². The summed E-state index contributed by atoms with van der Waals surface area (Å²) in [6.45, 7) is 3.33. The number of aryl methyl sites for hydroxylation is 1. The van der Waals surface area contributed by atoms with Gasteiger partial charge in [-0.1, -0.05) is 24.3 Å². The molecule has 0 aliphatic heterocycles. The number of nitrogens with two attached hydrogens (primary N) is 1. The number of hydrogen-bond acceptors (Lipinski definition) is 4. The fourth-order valence-corrected chi connectivity index (χ4v) is 3.02. The first-order valence-electron chi connectivity index (χ1n) is 8.36. The number of para-hydroxylation sites is 4. The van der Waals surface area contributed by atoms with Crippen molar-refractivity contribution >= 4 is 17.0 Å². The highest BCUT2D eigenvalue weighted by Crippen LogP contribution is 2.25. The van der Waals surface area contributed by atoms with Crippen LogP contribution < -0.4 is 19.8 Å². The van der Waals surface area contributed by atoms with E-state index in [0.717, 1.165) is 17.6 Å². The van der Waals surface area contributed by atoms with Crippen LogP contribution in [0.2, 0.25) is 0 Å². The normalized spacial score (nSPS) is 12.3. The fourth-order valence-electron chi connectivity index (χ4n) is 3.02. The van der Waals surface area contributed by atoms with Gasteiger partial charge in [0.1, 0.15) is 30.3 Å². The summed E-state index contributed by atoms with van der Waals surface area (Å²) in [6.07, 6.45) is -0.701. The number of nitrogens with zero attached hydrogens (tertiary/aromatic N) is 2. The Balaban J connectivity index is 1.76. The second-order valence-corrected chi connectivity index (χ2v) is 5.82. The molecule has 6 nitrogen and oxygen atoms in total. The molecule has 0 fully saturated rings. The number of ether oxygens (including phenoxy) is 2. The summed E-state index contributed by atoms with van der Waals surface area (Å²) in [5.74, 6) is 1.88. The molecule has 2 aromatic carbocycles. The molecule has 0 unspecified atom stereocenters. The van der Waals surface area contributed by atoms with Gasteiger partial charge in [-0.15, -0.1) is 0 Å². The zero-order valence-corrected chi connectivity index (χ0v) is 14.6. The number of aromatic nitrogens is 2. The minimum Gasteiger partial charge on any atom is -0.493 e. The van der Waals surface area contributed by atoms with Crippen molar-refractivity contribution in [3.05, 3.63) is 48.5 Å². The van der Waals surface area contributed by atoms with Crippen LogP contribution >= 0.6 is 0 Å². The molecule has 0 bridgehead atoms. The Hall–Kier alpha value is -2.73. The van der Waals surface area contributed by atoms with E-state index in [9.17, 15) is 5.11 Å². The zero-order valence-electron chi connectivity index (χ0n) is 14.6. The molecule has 25 heavy (non-hydrogen) atoms. The monoisotopic (exact) mass is 342 g/mol. The van der Waals surface area contributed by atoms with Crippen LogP contribution in [0.4, 0.5) is 5.95 Å². The number of aliphatic hydroxyl groups is 1. The summed E-state index contributed by atoms with van der Waals surface area (Å²) in [6, 6.07) is 15.4. The van der Waals surface area contributed by atoms with E-state index in [1.807, 2.05) is 64.6 Å². The predicted octanol–water partition coefficient (Wildman–Crippen LogP) is 1.98. The number of nitrogen functional groups attached to an aromatic ring is 1. The number of fused-ring (bicyclic) bond motifs is 1. The van der Waals surface area contributed by atoms with Crippen LogP contribution in [0.15, 0.2) is 48.5 Å². The molecule has 3 N–H and O–H groups in total. The van der Waals surface area contributed by atoms with Gasteiger partial charge in [-0.2, -0.15) is 0 Å². The van der Waals surface area contributed by atoms with E-state index in [4.69, 9.17) is 15.2 Å². The van der Waals surface area contributed by atoms with Crippen LogP contribution in [0.3, 0.4) is 0 Å². The average Bonchev–Trinajstić information content (AvgIpc) is 2.91. The van der Waals surface area contributed by atoms with Crippen molar-refractivity contribution in [2.24, 2.45) is 0 Å². The van der Waals surface area contributed by atoms with Crippen molar-refractivity contribution in [2.75, 3.05) is 19.5 Å². The molecule has 132 valence electrons. The maximum atomic E-state index is 10.4. The number of hydrogen-bond donors (Lipinski definition) is 2. The number of aliphatic hydroxyl groups excluding tert-OH is 1. The van der Waals surface area contributed by atoms with E-state index in [1.54, 1.807) is 7.11 Å². The average molecular weight is 342 g/mol. The Kier molecular flexibility index (Phi) is 5.09. The van der Waals surface area contributed by atoms with Gasteiger partial charge in [-0.05, 0) is 31.2 Å². The number of anilines is 1. The molecule has 3 aromatic rings. The molecule has 0 amide bonds. The zero-order chi connectivity index (χ0) is 17.8. The highest BCUT2D eigenvalue weighted by atomic mass is 16.5. The fraction of sp³-hybridized carbons (Fsp3) is 0.316. The molecule has 0 saturated heterocycles. The minimum absolute atomic E-state index is 0.151. The van der Waals surface area contributed by atoms with Crippen molar-refractivity contribution in [1.82, 2.24) is 4.57 Å². The van der Waals surface area contributed by atoms with Crippen LogP contribution in [-0.4, -0.2) is 29.5 Å². The summed E-state index contributed by atoms with van der Waals surface area (Å²) in [7, 11) is 1.59. The van der Waals surface area contributed by atoms with Gasteiger partial charge in [0, 0.05) is 0 Å². The van der Waals surface area contributed by atoms with Crippen LogP contribution in [0, 0.1) is 0 Å². The van der Waals surface area contributed by atoms with Crippen LogP contribution in [0.5, 0.6) is 11.5 Å². The maximum absolute atomic E-state index is 10.4. The molecule has 1 heterocycles. The Morgan fingerprint density at radius 1 is 1.12 bits per heavy atom. The first-order chi connectivity index (χ1) is 12.2. The Morgan fingerprint density at radius 3 is 2.52 bits per heavy atom. The molecule has 0 saturated carbocycles. The number of imidazole rings is 1. The molecule has 6 heteroatoms. The van der Waals surface area contributed by atoms with Gasteiger partial charge in [0.25, 0.3) is 0 Å². The number of rotatable bonds is 7. The van der Waals surface area contributed by atoms with E-state index in [1.165, 1.54) is 0 Å². The number of benzene rings is 2. The highest BCUT2D eigenvalue weighted by molar-refractivity contribution is 5.73. The highest BCUT2D eigenvalue weighted by Gasteiger charge is 2.22. The van der Waals surface area contributed by atoms with E-state index >= 15 is 0 Å². The van der Waals surface area contributed by atoms with Gasteiger partial charge >= 0.3 is 5.95 Å². The summed E-state index contributed by atoms with van der Waals surface area (Å²) >= 11 is 0. The Morgan fingerprint density at radius 2 is 1.80 bits per heavy atom. The molecule has 0 aliphatic carbocycles. The molecular weight excluding hydrogens is 318 g/mol. The van der Waals surface area contributed by atoms with Crippen LogP contribution in [0.25, 0.3) is 11.0 Å². The summed E-state index contributed by atoms with van der Waals surface area (Å²) in [5, 5.41) is 10.4. The third-order valence-corrected chi connectivity index (χ3v) is 4.23. The van der Waals surface area contributed by atoms with E-state index in [0.29, 0.717) is 24.0 Å². The first kappa shape index (κ1) is 17.1. The van der Waals surface area contributed by atoms with Gasteiger partial charge in [-0.3, -0.25) is 5.73 Å². The lowest BCUT2D eigenvalue weighted by molar-refractivity contribution is -0.665. The lowest BCUT2D eigenvalue weighted by Crippen LogP contribution is -2.43. The van der Waals surface area contributed by atoms with E-state index in [-0.39, 0.29) is 6.61 Å². The summed E-state index contributed by atoms with van der Waals surface area (Å²) in [4.78, 5) is 0.